The number of carbonyl (C=O) groups is 2. The van der Waals surface area contributed by atoms with Gasteiger partial charge >= 0.3 is 12.2 Å². The van der Waals surface area contributed by atoms with E-state index in [0.717, 1.165) is 71.2 Å². The van der Waals surface area contributed by atoms with Crippen molar-refractivity contribution in [2.45, 2.75) is 104 Å². The minimum atomic E-state index is -0.474. The Morgan fingerprint density at radius 2 is 0.800 bits per heavy atom. The Balaban J connectivity index is 0.720. The molecule has 9 nitrogen and oxygen atoms in total. The highest BCUT2D eigenvalue weighted by atomic mass is 16.6. The van der Waals surface area contributed by atoms with Gasteiger partial charge < -0.3 is 25.0 Å². The van der Waals surface area contributed by atoms with E-state index in [1.54, 1.807) is 0 Å². The summed E-state index contributed by atoms with van der Waals surface area (Å²) >= 11 is 0. The van der Waals surface area contributed by atoms with E-state index in [9.17, 15) is 9.59 Å². The van der Waals surface area contributed by atoms with Gasteiger partial charge in [-0.3, -0.25) is 10.6 Å². The van der Waals surface area contributed by atoms with Crippen molar-refractivity contribution in [3.63, 3.8) is 0 Å². The summed E-state index contributed by atoms with van der Waals surface area (Å²) in [6, 6.07) is 50.9. The fraction of sp³-hybridized carbons (Fsp3) is 0.321. The Hall–Kier alpha value is -6.42. The number of aryl methyl sites for hydroxylation is 2. The van der Waals surface area contributed by atoms with Crippen LogP contribution in [0.1, 0.15) is 97.6 Å². The summed E-state index contributed by atoms with van der Waals surface area (Å²) in [5.41, 5.74) is 11.3. The summed E-state index contributed by atoms with van der Waals surface area (Å²) in [5, 5.41) is 10.5. The number of nitrogens with two attached hydrogens (primary N) is 2. The molecule has 0 aliphatic carbocycles. The van der Waals surface area contributed by atoms with Crippen molar-refractivity contribution in [1.29, 1.82) is 0 Å². The number of anilines is 5. The van der Waals surface area contributed by atoms with Crippen LogP contribution in [0, 0.1) is 13.8 Å². The quantitative estimate of drug-likeness (QED) is 0.0405. The molecule has 9 heteroatoms. The second-order valence-electron chi connectivity index (χ2n) is 17.1. The molecule has 0 atom stereocenters. The molecule has 2 amide bonds. The van der Waals surface area contributed by atoms with Crippen LogP contribution >= 0.6 is 0 Å². The molecule has 6 aromatic rings. The smallest absolute Gasteiger partial charge is 0.411 e. The molecule has 340 valence electrons. The lowest BCUT2D eigenvalue weighted by Gasteiger charge is -2.25. The molecule has 0 unspecified atom stereocenters. The molecule has 6 N–H and O–H groups in total. The molecule has 6 rings (SSSR count). The Morgan fingerprint density at radius 1 is 0.431 bits per heavy atom. The molecule has 0 saturated carbocycles. The fourth-order valence-corrected chi connectivity index (χ4v) is 8.02. The molecular formula is C56H69N5O4+2. The molecule has 0 saturated heterocycles. The summed E-state index contributed by atoms with van der Waals surface area (Å²) in [4.78, 5) is 27.0. The second kappa shape index (κ2) is 27.0. The van der Waals surface area contributed by atoms with Crippen LogP contribution in [-0.2, 0) is 35.8 Å². The number of para-hydroxylation sites is 2. The van der Waals surface area contributed by atoms with Crippen molar-refractivity contribution >= 4 is 40.6 Å². The summed E-state index contributed by atoms with van der Waals surface area (Å²) in [6.07, 6.45) is 12.3. The lowest BCUT2D eigenvalue weighted by molar-refractivity contribution is -0.671. The third kappa shape index (κ3) is 17.6. The number of nitrogens with one attached hydrogen (secondary N) is 2. The van der Waals surface area contributed by atoms with E-state index in [2.05, 4.69) is 80.8 Å². The summed E-state index contributed by atoms with van der Waals surface area (Å²) in [6.45, 7) is 8.74. The van der Waals surface area contributed by atoms with Crippen LogP contribution in [0.4, 0.5) is 38.0 Å². The van der Waals surface area contributed by atoms with Crippen molar-refractivity contribution in [2.75, 3.05) is 28.6 Å². The third-order valence-corrected chi connectivity index (χ3v) is 11.5. The minimum absolute atomic E-state index is 0.221. The van der Waals surface area contributed by atoms with E-state index in [-0.39, 0.29) is 13.2 Å². The molecule has 0 spiro atoms. The average molecular weight is 876 g/mol. The number of carbonyl (C=O) groups excluding carboxylic acids is 2. The lowest BCUT2D eigenvalue weighted by Crippen LogP contribution is -2.82. The number of nitrogens with zero attached hydrogens (tertiary/aromatic N) is 1. The Bertz CT molecular complexity index is 2230. The van der Waals surface area contributed by atoms with Crippen molar-refractivity contribution in [3.8, 4) is 0 Å². The van der Waals surface area contributed by atoms with Crippen LogP contribution in [0.15, 0.2) is 152 Å². The zero-order valence-corrected chi connectivity index (χ0v) is 38.5. The van der Waals surface area contributed by atoms with Gasteiger partial charge in [-0.2, -0.15) is 0 Å². The first-order valence-corrected chi connectivity index (χ1v) is 23.6. The van der Waals surface area contributed by atoms with E-state index in [1.807, 2.05) is 111 Å². The average Bonchev–Trinajstić information content (AvgIpc) is 3.32. The number of quaternary nitrogens is 2. The number of rotatable bonds is 26. The molecule has 65 heavy (non-hydrogen) atoms. The van der Waals surface area contributed by atoms with Gasteiger partial charge in [0.05, 0.1) is 13.1 Å². The van der Waals surface area contributed by atoms with Crippen molar-refractivity contribution < 1.29 is 29.7 Å². The van der Waals surface area contributed by atoms with Gasteiger partial charge in [-0.25, -0.2) is 9.59 Å². The van der Waals surface area contributed by atoms with Gasteiger partial charge in [-0.15, -0.1) is 0 Å². The summed E-state index contributed by atoms with van der Waals surface area (Å²) < 4.78 is 11.0. The molecular weight excluding hydrogens is 807 g/mol. The minimum Gasteiger partial charge on any atom is -0.444 e. The van der Waals surface area contributed by atoms with Crippen molar-refractivity contribution in [1.82, 2.24) is 0 Å². The predicted octanol–water partition coefficient (Wildman–Crippen LogP) is 12.0. The molecule has 6 aromatic carbocycles. The monoisotopic (exact) mass is 876 g/mol. The number of benzene rings is 6. The first kappa shape index (κ1) is 48.0. The number of ether oxygens (including phenoxy) is 2. The molecule has 0 aliphatic heterocycles. The van der Waals surface area contributed by atoms with E-state index in [1.165, 1.54) is 75.3 Å². The molecule has 0 heterocycles. The Labute approximate surface area is 387 Å². The van der Waals surface area contributed by atoms with Crippen LogP contribution in [0.5, 0.6) is 0 Å². The fourth-order valence-electron chi connectivity index (χ4n) is 8.02. The largest absolute Gasteiger partial charge is 0.444 e. The molecule has 0 aliphatic rings. The van der Waals surface area contributed by atoms with Crippen molar-refractivity contribution in [3.05, 3.63) is 185 Å². The maximum Gasteiger partial charge on any atom is 0.411 e. The standard InChI is InChI=1S/C56H67N5O4/c1-44-37-45(2)39-51(38-44)60-56(63)65-43-49-29-25-47(26-30-49)41-58-36-18-10-8-6-4-3-5-7-9-17-35-57-40-46-23-27-48(28-24-46)42-64-55(62)59-50-31-33-54(34-32-50)61(52-19-13-11-14-20-52)53-21-15-12-16-22-53/h11-16,19-34,37-39,57-58H,3-10,17-18,35-36,40-43H2,1-2H3,(H,59,62)(H,60,63)/p+2. The van der Waals surface area contributed by atoms with Gasteiger partial charge in [0, 0.05) is 39.6 Å². The summed E-state index contributed by atoms with van der Waals surface area (Å²) in [7, 11) is 0. The molecule has 0 fully saturated rings. The van der Waals surface area contributed by atoms with E-state index in [4.69, 9.17) is 9.47 Å². The van der Waals surface area contributed by atoms with Gasteiger partial charge in [-0.05, 0) is 122 Å². The van der Waals surface area contributed by atoms with E-state index < -0.39 is 12.2 Å². The predicted molar refractivity (Wildman–Crippen MR) is 265 cm³/mol. The normalized spacial score (nSPS) is 10.9. The highest BCUT2D eigenvalue weighted by Gasteiger charge is 2.13. The lowest BCUT2D eigenvalue weighted by atomic mass is 10.1. The maximum atomic E-state index is 12.6. The molecule has 0 aromatic heterocycles. The Morgan fingerprint density at radius 3 is 1.23 bits per heavy atom. The van der Waals surface area contributed by atoms with Crippen LogP contribution in [0.2, 0.25) is 0 Å². The van der Waals surface area contributed by atoms with E-state index in [0.29, 0.717) is 5.69 Å². The van der Waals surface area contributed by atoms with Crippen molar-refractivity contribution in [2.24, 2.45) is 0 Å². The number of hydrogen-bond donors (Lipinski definition) is 4. The zero-order chi connectivity index (χ0) is 45.3. The van der Waals surface area contributed by atoms with Gasteiger partial charge in [0.2, 0.25) is 0 Å². The number of unbranched alkanes of at least 4 members (excludes halogenated alkanes) is 9. The molecule has 0 radical (unpaired) electrons. The molecule has 0 bridgehead atoms. The highest BCUT2D eigenvalue weighted by Crippen LogP contribution is 2.34. The maximum absolute atomic E-state index is 12.6. The SMILES string of the molecule is Cc1cc(C)cc(NC(=O)OCc2ccc(C[NH2+]CCCCCCCCCCCC[NH2+]Cc3ccc(COC(=O)Nc4ccc(N(c5ccccc5)c5ccccc5)cc4)cc3)cc2)c1. The van der Waals surface area contributed by atoms with Gasteiger partial charge in [0.25, 0.3) is 0 Å². The first-order chi connectivity index (χ1) is 31.9. The third-order valence-electron chi connectivity index (χ3n) is 11.5. The topological polar surface area (TPSA) is 113 Å². The van der Waals surface area contributed by atoms with Crippen LogP contribution in [-0.4, -0.2) is 25.3 Å². The summed E-state index contributed by atoms with van der Waals surface area (Å²) in [5.74, 6) is 0. The number of hydrogen-bond acceptors (Lipinski definition) is 5. The second-order valence-corrected chi connectivity index (χ2v) is 17.1. The van der Waals surface area contributed by atoms with E-state index >= 15 is 0 Å². The number of amides is 2. The highest BCUT2D eigenvalue weighted by molar-refractivity contribution is 5.86. The van der Waals surface area contributed by atoms with Crippen LogP contribution < -0.4 is 26.2 Å². The zero-order valence-electron chi connectivity index (χ0n) is 38.5. The van der Waals surface area contributed by atoms with Gasteiger partial charge in [0.1, 0.15) is 26.3 Å². The first-order valence-electron chi connectivity index (χ1n) is 23.6. The van der Waals surface area contributed by atoms with Gasteiger partial charge in [0.15, 0.2) is 0 Å². The van der Waals surface area contributed by atoms with Crippen LogP contribution in [0.25, 0.3) is 0 Å². The Kier molecular flexibility index (Phi) is 20.0. The van der Waals surface area contributed by atoms with Crippen LogP contribution in [0.3, 0.4) is 0 Å². The van der Waals surface area contributed by atoms with Gasteiger partial charge in [-0.1, -0.05) is 130 Å².